The molecule has 0 spiro atoms. The maximum absolute atomic E-state index is 10.2. The maximum Gasteiger partial charge on any atom is 0.194 e. The summed E-state index contributed by atoms with van der Waals surface area (Å²) in [6, 6.07) is 23.8. The highest BCUT2D eigenvalue weighted by Gasteiger charge is 2.10. The Kier molecular flexibility index (Phi) is 6.33. The third-order valence-corrected chi connectivity index (χ3v) is 7.35. The Morgan fingerprint density at radius 2 is 1.82 bits per heavy atom. The van der Waals surface area contributed by atoms with Crippen LogP contribution in [0, 0.1) is 0 Å². The number of nitrogens with one attached hydrogen (secondary N) is 2. The number of benzene rings is 4. The van der Waals surface area contributed by atoms with Crippen molar-refractivity contribution in [1.29, 1.82) is 0 Å². The Morgan fingerprint density at radius 1 is 0.971 bits per heavy atom. The summed E-state index contributed by atoms with van der Waals surface area (Å²) >= 11 is 3.16. The summed E-state index contributed by atoms with van der Waals surface area (Å²) in [7, 11) is 3.22. The summed E-state index contributed by atoms with van der Waals surface area (Å²) in [6.45, 7) is 0.499. The van der Waals surface area contributed by atoms with E-state index in [0.717, 1.165) is 48.0 Å². The molecule has 172 valence electrons. The van der Waals surface area contributed by atoms with Gasteiger partial charge in [0.25, 0.3) is 0 Å². The molecule has 34 heavy (non-hydrogen) atoms. The second-order valence-corrected chi connectivity index (χ2v) is 9.48. The van der Waals surface area contributed by atoms with Crippen LogP contribution in [0.1, 0.15) is 5.56 Å². The van der Waals surface area contributed by atoms with Gasteiger partial charge < -0.3 is 24.6 Å². The number of thiazole rings is 1. The van der Waals surface area contributed by atoms with Crippen LogP contribution >= 0.6 is 23.3 Å². The molecular formula is C26H23N3O3S2. The molecule has 4 aromatic carbocycles. The van der Waals surface area contributed by atoms with Crippen LogP contribution in [-0.2, 0) is 6.54 Å². The standard InChI is InChI=1S/C26H23N3O3S2/c1-31-19-9-12-21-16(14-19)6-13-23-24(21)28-26(33-23)29-34-20-10-7-18(8-11-20)27-15-17-4-3-5-22(32-2)25(17)30/h3-14,27,30H,15H2,1-2H3,(H,28,29). The van der Waals surface area contributed by atoms with Gasteiger partial charge >= 0.3 is 0 Å². The molecule has 6 nitrogen and oxygen atoms in total. The predicted octanol–water partition coefficient (Wildman–Crippen LogP) is 6.90. The van der Waals surface area contributed by atoms with Gasteiger partial charge in [0.05, 0.1) is 24.4 Å². The Balaban J connectivity index is 1.23. The molecule has 0 saturated heterocycles. The second-order valence-electron chi connectivity index (χ2n) is 7.57. The van der Waals surface area contributed by atoms with Crippen LogP contribution in [0.5, 0.6) is 17.2 Å². The monoisotopic (exact) mass is 489 g/mol. The molecule has 0 atom stereocenters. The van der Waals surface area contributed by atoms with Gasteiger partial charge in [0.2, 0.25) is 0 Å². The number of aromatic nitrogens is 1. The summed E-state index contributed by atoms with van der Waals surface area (Å²) in [5.74, 6) is 1.48. The highest BCUT2D eigenvalue weighted by molar-refractivity contribution is 8.00. The number of phenolic OH excluding ortho intramolecular Hbond substituents is 1. The average Bonchev–Trinajstić information content (AvgIpc) is 3.31. The molecule has 1 aromatic heterocycles. The van der Waals surface area contributed by atoms with Crippen LogP contribution in [0.3, 0.4) is 0 Å². The minimum atomic E-state index is 0.164. The summed E-state index contributed by atoms with van der Waals surface area (Å²) in [5.41, 5.74) is 2.74. The van der Waals surface area contributed by atoms with Crippen molar-refractivity contribution in [2.45, 2.75) is 11.4 Å². The van der Waals surface area contributed by atoms with Crippen LogP contribution in [-0.4, -0.2) is 24.3 Å². The molecule has 3 N–H and O–H groups in total. The number of hydrogen-bond acceptors (Lipinski definition) is 8. The molecule has 1 heterocycles. The van der Waals surface area contributed by atoms with E-state index in [1.54, 1.807) is 31.6 Å². The number of hydrogen-bond donors (Lipinski definition) is 3. The van der Waals surface area contributed by atoms with Gasteiger partial charge in [0.1, 0.15) is 5.75 Å². The lowest BCUT2D eigenvalue weighted by molar-refractivity contribution is 0.371. The fourth-order valence-electron chi connectivity index (χ4n) is 3.68. The van der Waals surface area contributed by atoms with Crippen LogP contribution in [0.4, 0.5) is 10.8 Å². The molecule has 0 unspecified atom stereocenters. The number of para-hydroxylation sites is 1. The van der Waals surface area contributed by atoms with E-state index >= 15 is 0 Å². The first kappa shape index (κ1) is 22.2. The number of methoxy groups -OCH3 is 2. The van der Waals surface area contributed by atoms with E-state index in [1.807, 2.05) is 48.5 Å². The van der Waals surface area contributed by atoms with Crippen LogP contribution in [0.2, 0.25) is 0 Å². The van der Waals surface area contributed by atoms with E-state index in [0.29, 0.717) is 12.3 Å². The van der Waals surface area contributed by atoms with Crippen molar-refractivity contribution in [3.05, 3.63) is 78.4 Å². The molecule has 0 aliphatic rings. The zero-order chi connectivity index (χ0) is 23.5. The smallest absolute Gasteiger partial charge is 0.194 e. The van der Waals surface area contributed by atoms with Crippen molar-refractivity contribution in [1.82, 2.24) is 4.98 Å². The molecule has 5 aromatic rings. The molecule has 5 rings (SSSR count). The van der Waals surface area contributed by atoms with Crippen molar-refractivity contribution in [3.8, 4) is 17.2 Å². The number of aromatic hydroxyl groups is 1. The quantitative estimate of drug-likeness (QED) is 0.205. The Hall–Kier alpha value is -3.62. The molecule has 0 aliphatic carbocycles. The number of ether oxygens (including phenoxy) is 2. The lowest BCUT2D eigenvalue weighted by Gasteiger charge is -2.11. The second kappa shape index (κ2) is 9.70. The minimum absolute atomic E-state index is 0.164. The third-order valence-electron chi connectivity index (χ3n) is 5.48. The highest BCUT2D eigenvalue weighted by Crippen LogP contribution is 2.35. The first-order valence-corrected chi connectivity index (χ1v) is 12.3. The minimum Gasteiger partial charge on any atom is -0.504 e. The highest BCUT2D eigenvalue weighted by atomic mass is 32.2. The van der Waals surface area contributed by atoms with Gasteiger partial charge in [-0.2, -0.15) is 0 Å². The van der Waals surface area contributed by atoms with E-state index in [-0.39, 0.29) is 5.75 Å². The maximum atomic E-state index is 10.2. The molecule has 0 bridgehead atoms. The first-order valence-electron chi connectivity index (χ1n) is 10.6. The lowest BCUT2D eigenvalue weighted by Crippen LogP contribution is -2.00. The van der Waals surface area contributed by atoms with Gasteiger partial charge in [0, 0.05) is 28.1 Å². The van der Waals surface area contributed by atoms with E-state index in [4.69, 9.17) is 14.5 Å². The molecule has 0 radical (unpaired) electrons. The molecular weight excluding hydrogens is 466 g/mol. The fraction of sp³-hybridized carbons (Fsp3) is 0.115. The summed E-state index contributed by atoms with van der Waals surface area (Å²) in [6.07, 6.45) is 0. The number of rotatable bonds is 8. The van der Waals surface area contributed by atoms with Crippen LogP contribution < -0.4 is 19.5 Å². The van der Waals surface area contributed by atoms with Crippen molar-refractivity contribution >= 4 is 55.1 Å². The van der Waals surface area contributed by atoms with Crippen molar-refractivity contribution in [3.63, 3.8) is 0 Å². The SMILES string of the molecule is COc1ccc2c(ccc3sc(NSc4ccc(NCc5cccc(OC)c5O)cc4)nc32)c1. The van der Waals surface area contributed by atoms with Crippen LogP contribution in [0.25, 0.3) is 21.0 Å². The number of nitrogens with zero attached hydrogens (tertiary/aromatic N) is 1. The first-order chi connectivity index (χ1) is 16.6. The molecule has 0 aliphatic heterocycles. The molecule has 8 heteroatoms. The van der Waals surface area contributed by atoms with E-state index in [1.165, 1.54) is 11.9 Å². The molecule has 0 saturated carbocycles. The summed E-state index contributed by atoms with van der Waals surface area (Å²) in [4.78, 5) is 5.89. The predicted molar refractivity (Wildman–Crippen MR) is 142 cm³/mol. The fourth-order valence-corrected chi connectivity index (χ4v) is 5.23. The Labute approximate surface area is 205 Å². The zero-order valence-corrected chi connectivity index (χ0v) is 20.3. The Bertz CT molecular complexity index is 1450. The van der Waals surface area contributed by atoms with Gasteiger partial charge in [-0.15, -0.1) is 0 Å². The summed E-state index contributed by atoms with van der Waals surface area (Å²) in [5, 5.41) is 16.7. The average molecular weight is 490 g/mol. The number of phenols is 1. The van der Waals surface area contributed by atoms with Gasteiger partial charge in [0.15, 0.2) is 16.6 Å². The van der Waals surface area contributed by atoms with Crippen molar-refractivity contribution in [2.24, 2.45) is 0 Å². The van der Waals surface area contributed by atoms with E-state index in [2.05, 4.69) is 28.2 Å². The largest absolute Gasteiger partial charge is 0.504 e. The van der Waals surface area contributed by atoms with E-state index < -0.39 is 0 Å². The third kappa shape index (κ3) is 4.55. The zero-order valence-electron chi connectivity index (χ0n) is 18.7. The van der Waals surface area contributed by atoms with Crippen molar-refractivity contribution < 1.29 is 14.6 Å². The van der Waals surface area contributed by atoms with Gasteiger partial charge in [-0.25, -0.2) is 4.98 Å². The van der Waals surface area contributed by atoms with Gasteiger partial charge in [-0.3, -0.25) is 0 Å². The van der Waals surface area contributed by atoms with Crippen LogP contribution in [0.15, 0.2) is 77.7 Å². The Morgan fingerprint density at radius 3 is 2.62 bits per heavy atom. The van der Waals surface area contributed by atoms with Gasteiger partial charge in [-0.05, 0) is 71.9 Å². The topological polar surface area (TPSA) is 75.6 Å². The number of anilines is 2. The molecule has 0 fully saturated rings. The van der Waals surface area contributed by atoms with Gasteiger partial charge in [-0.1, -0.05) is 29.5 Å². The van der Waals surface area contributed by atoms with Crippen molar-refractivity contribution in [2.75, 3.05) is 24.3 Å². The number of fused-ring (bicyclic) bond motifs is 3. The lowest BCUT2D eigenvalue weighted by atomic mass is 10.1. The normalized spacial score (nSPS) is 11.0. The van der Waals surface area contributed by atoms with E-state index in [9.17, 15) is 5.11 Å². The summed E-state index contributed by atoms with van der Waals surface area (Å²) < 4.78 is 15.0. The molecule has 0 amide bonds.